The van der Waals surface area contributed by atoms with E-state index in [0.717, 1.165) is 30.3 Å². The lowest BCUT2D eigenvalue weighted by Crippen LogP contribution is -2.21. The zero-order valence-electron chi connectivity index (χ0n) is 15.5. The Morgan fingerprint density at radius 3 is 2.56 bits per heavy atom. The molecule has 2 aromatic rings. The molecule has 0 N–H and O–H groups in total. The van der Waals surface area contributed by atoms with E-state index in [9.17, 15) is 0 Å². The highest BCUT2D eigenvalue weighted by atomic mass is 35.5. The number of benzene rings is 1. The molecule has 0 spiro atoms. The summed E-state index contributed by atoms with van der Waals surface area (Å²) in [7, 11) is 0. The molecule has 0 saturated heterocycles. The third-order valence-electron chi connectivity index (χ3n) is 5.21. The highest BCUT2D eigenvalue weighted by Gasteiger charge is 2.24. The van der Waals surface area contributed by atoms with Crippen LogP contribution >= 0.6 is 12.4 Å². The molecule has 1 aromatic carbocycles. The Bertz CT molecular complexity index is 620. The fourth-order valence-electron chi connectivity index (χ4n) is 3.75. The first-order chi connectivity index (χ1) is 11.8. The van der Waals surface area contributed by atoms with Crippen LogP contribution in [0.15, 0.2) is 36.4 Å². The third-order valence-corrected chi connectivity index (χ3v) is 5.21. The maximum atomic E-state index is 6.16. The SMILES string of the molecule is CCCc1cc(OCc2ccccc2)n(C(C)C2CCCCC2)n1.Cl. The van der Waals surface area contributed by atoms with Crippen LogP contribution in [0.3, 0.4) is 0 Å². The topological polar surface area (TPSA) is 27.1 Å². The molecule has 4 heteroatoms. The Morgan fingerprint density at radius 2 is 1.88 bits per heavy atom. The van der Waals surface area contributed by atoms with E-state index in [4.69, 9.17) is 9.84 Å². The average molecular weight is 363 g/mol. The minimum Gasteiger partial charge on any atom is -0.473 e. The summed E-state index contributed by atoms with van der Waals surface area (Å²) in [6.45, 7) is 5.12. The lowest BCUT2D eigenvalue weighted by molar-refractivity contribution is 0.209. The summed E-state index contributed by atoms with van der Waals surface area (Å²) in [4.78, 5) is 0. The lowest BCUT2D eigenvalue weighted by Gasteiger charge is -2.28. The fourth-order valence-corrected chi connectivity index (χ4v) is 3.75. The molecule has 25 heavy (non-hydrogen) atoms. The van der Waals surface area contributed by atoms with Crippen LogP contribution in [0.4, 0.5) is 0 Å². The first-order valence-corrected chi connectivity index (χ1v) is 9.53. The van der Waals surface area contributed by atoms with E-state index in [1.807, 2.05) is 6.07 Å². The first kappa shape index (κ1) is 19.8. The summed E-state index contributed by atoms with van der Waals surface area (Å²) < 4.78 is 8.32. The predicted octanol–water partition coefficient (Wildman–Crippen LogP) is 5.98. The van der Waals surface area contributed by atoms with E-state index in [1.54, 1.807) is 0 Å². The Labute approximate surface area is 158 Å². The molecule has 1 saturated carbocycles. The molecule has 1 atom stereocenters. The largest absolute Gasteiger partial charge is 0.473 e. The molecule has 0 amide bonds. The van der Waals surface area contributed by atoms with Gasteiger partial charge in [-0.2, -0.15) is 5.10 Å². The maximum absolute atomic E-state index is 6.16. The molecule has 0 radical (unpaired) electrons. The molecule has 0 aliphatic heterocycles. The molecular weight excluding hydrogens is 332 g/mol. The van der Waals surface area contributed by atoms with Crippen molar-refractivity contribution in [3.63, 3.8) is 0 Å². The van der Waals surface area contributed by atoms with Crippen molar-refractivity contribution < 1.29 is 4.74 Å². The van der Waals surface area contributed by atoms with Gasteiger partial charge in [0.05, 0.1) is 11.7 Å². The van der Waals surface area contributed by atoms with Gasteiger partial charge >= 0.3 is 0 Å². The van der Waals surface area contributed by atoms with Gasteiger partial charge in [0.2, 0.25) is 5.88 Å². The van der Waals surface area contributed by atoms with Crippen molar-refractivity contribution in [1.29, 1.82) is 0 Å². The summed E-state index contributed by atoms with van der Waals surface area (Å²) in [5, 5.41) is 4.88. The van der Waals surface area contributed by atoms with Crippen molar-refractivity contribution in [2.75, 3.05) is 0 Å². The lowest BCUT2D eigenvalue weighted by atomic mass is 9.85. The van der Waals surface area contributed by atoms with Crippen molar-refractivity contribution in [3.8, 4) is 5.88 Å². The summed E-state index contributed by atoms with van der Waals surface area (Å²) in [5.41, 5.74) is 2.36. The minimum absolute atomic E-state index is 0. The molecule has 1 aromatic heterocycles. The number of halogens is 1. The van der Waals surface area contributed by atoms with Gasteiger partial charge in [-0.25, -0.2) is 4.68 Å². The molecule has 1 heterocycles. The van der Waals surface area contributed by atoms with Crippen molar-refractivity contribution in [1.82, 2.24) is 9.78 Å². The van der Waals surface area contributed by atoms with Gasteiger partial charge in [-0.05, 0) is 37.7 Å². The maximum Gasteiger partial charge on any atom is 0.212 e. The van der Waals surface area contributed by atoms with Gasteiger partial charge in [0.15, 0.2) is 0 Å². The smallest absolute Gasteiger partial charge is 0.212 e. The molecule has 138 valence electrons. The molecule has 1 unspecified atom stereocenters. The number of hydrogen-bond acceptors (Lipinski definition) is 2. The minimum atomic E-state index is 0. The van der Waals surface area contributed by atoms with Gasteiger partial charge in [-0.1, -0.05) is 62.9 Å². The Morgan fingerprint density at radius 1 is 1.16 bits per heavy atom. The molecule has 3 rings (SSSR count). The van der Waals surface area contributed by atoms with Gasteiger partial charge < -0.3 is 4.74 Å². The monoisotopic (exact) mass is 362 g/mol. The first-order valence-electron chi connectivity index (χ1n) is 9.53. The van der Waals surface area contributed by atoms with Gasteiger partial charge in [-0.15, -0.1) is 12.4 Å². The van der Waals surface area contributed by atoms with Gasteiger partial charge in [0.25, 0.3) is 0 Å². The number of ether oxygens (including phenoxy) is 1. The van der Waals surface area contributed by atoms with E-state index in [2.05, 4.69) is 48.9 Å². The number of hydrogen-bond donors (Lipinski definition) is 0. The summed E-state index contributed by atoms with van der Waals surface area (Å²) in [6, 6.07) is 12.9. The van der Waals surface area contributed by atoms with E-state index < -0.39 is 0 Å². The van der Waals surface area contributed by atoms with E-state index in [1.165, 1.54) is 37.7 Å². The van der Waals surface area contributed by atoms with E-state index in [-0.39, 0.29) is 12.4 Å². The molecule has 1 aliphatic rings. The molecule has 0 bridgehead atoms. The van der Waals surface area contributed by atoms with Crippen molar-refractivity contribution in [3.05, 3.63) is 47.7 Å². The summed E-state index contributed by atoms with van der Waals surface area (Å²) in [5.74, 6) is 1.66. The van der Waals surface area contributed by atoms with Crippen molar-refractivity contribution in [2.45, 2.75) is 71.4 Å². The van der Waals surface area contributed by atoms with Crippen LogP contribution in [0, 0.1) is 5.92 Å². The van der Waals surface area contributed by atoms with Crippen LogP contribution in [0.25, 0.3) is 0 Å². The molecule has 1 aliphatic carbocycles. The quantitative estimate of drug-likeness (QED) is 0.606. The van der Waals surface area contributed by atoms with Crippen LogP contribution in [0.2, 0.25) is 0 Å². The predicted molar refractivity (Wildman–Crippen MR) is 106 cm³/mol. The standard InChI is InChI=1S/C21H30N2O.ClH/c1-3-10-20-15-21(24-16-18-11-6-4-7-12-18)23(22-20)17(2)19-13-8-5-9-14-19;/h4,6-7,11-12,15,17,19H,3,5,8-10,13-14,16H2,1-2H3;1H. The second-order valence-corrected chi connectivity index (χ2v) is 7.08. The second kappa shape index (κ2) is 9.86. The van der Waals surface area contributed by atoms with Crippen LogP contribution in [-0.2, 0) is 13.0 Å². The molecular formula is C21H31ClN2O. The number of aryl methyl sites for hydroxylation is 1. The zero-order valence-corrected chi connectivity index (χ0v) is 16.3. The number of nitrogens with zero attached hydrogens (tertiary/aromatic N) is 2. The van der Waals surface area contributed by atoms with Crippen molar-refractivity contribution >= 4 is 12.4 Å². The van der Waals surface area contributed by atoms with Crippen molar-refractivity contribution in [2.24, 2.45) is 5.92 Å². The van der Waals surface area contributed by atoms with E-state index >= 15 is 0 Å². The average Bonchev–Trinajstić information content (AvgIpc) is 3.04. The van der Waals surface area contributed by atoms with Crippen LogP contribution in [0.5, 0.6) is 5.88 Å². The Kier molecular flexibility index (Phi) is 7.83. The fraction of sp³-hybridized carbons (Fsp3) is 0.571. The number of rotatable bonds is 7. The summed E-state index contributed by atoms with van der Waals surface area (Å²) in [6.07, 6.45) is 8.89. The normalized spacial score (nSPS) is 16.2. The Balaban J connectivity index is 0.00000225. The highest BCUT2D eigenvalue weighted by Crippen LogP contribution is 2.35. The van der Waals surface area contributed by atoms with Crippen LogP contribution < -0.4 is 4.74 Å². The van der Waals surface area contributed by atoms with Gasteiger partial charge in [0, 0.05) is 6.07 Å². The van der Waals surface area contributed by atoms with Crippen LogP contribution in [0.1, 0.15) is 69.7 Å². The molecule has 1 fully saturated rings. The summed E-state index contributed by atoms with van der Waals surface area (Å²) >= 11 is 0. The van der Waals surface area contributed by atoms with Gasteiger partial charge in [-0.3, -0.25) is 0 Å². The zero-order chi connectivity index (χ0) is 16.8. The number of aromatic nitrogens is 2. The van der Waals surface area contributed by atoms with E-state index in [0.29, 0.717) is 12.6 Å². The Hall–Kier alpha value is -1.48. The van der Waals surface area contributed by atoms with Crippen LogP contribution in [-0.4, -0.2) is 9.78 Å². The second-order valence-electron chi connectivity index (χ2n) is 7.08. The highest BCUT2D eigenvalue weighted by molar-refractivity contribution is 5.85. The van der Waals surface area contributed by atoms with Gasteiger partial charge in [0.1, 0.15) is 6.61 Å². The molecule has 3 nitrogen and oxygen atoms in total. The third kappa shape index (κ3) is 5.24.